The molecule has 1 atom stereocenters. The van der Waals surface area contributed by atoms with Gasteiger partial charge in [-0.2, -0.15) is 0 Å². The molecule has 1 aliphatic heterocycles. The van der Waals surface area contributed by atoms with E-state index in [-0.39, 0.29) is 13.0 Å². The molecule has 84 valence electrons. The van der Waals surface area contributed by atoms with E-state index in [4.69, 9.17) is 36.0 Å². The van der Waals surface area contributed by atoms with E-state index in [1.54, 1.807) is 0 Å². The molecule has 0 amide bonds. The molecule has 14 heavy (non-hydrogen) atoms. The second-order valence-electron chi connectivity index (χ2n) is 2.34. The molecule has 7 heteroatoms. The maximum absolute atomic E-state index is 12.7. The molecule has 1 heterocycles. The van der Waals surface area contributed by atoms with Gasteiger partial charge in [0.1, 0.15) is 0 Å². The lowest BCUT2D eigenvalue weighted by molar-refractivity contribution is 0.203. The standard InChI is InChI=1S/C7H15Cl2N2O2P/c8-2-4-10-14(12)11(6-3-9)5-1-7-13-14/h1-7H2,(H,10,12)/i4D2,6D2,7D2. The summed E-state index contributed by atoms with van der Waals surface area (Å²) >= 11 is 10.9. The van der Waals surface area contributed by atoms with Crippen LogP contribution in [-0.4, -0.2) is 42.5 Å². The van der Waals surface area contributed by atoms with Crippen LogP contribution in [0.5, 0.6) is 0 Å². The van der Waals surface area contributed by atoms with Crippen molar-refractivity contribution in [2.75, 3.05) is 37.9 Å². The van der Waals surface area contributed by atoms with Crippen LogP contribution in [0.1, 0.15) is 14.6 Å². The molecular weight excluding hydrogens is 246 g/mol. The molecule has 4 nitrogen and oxygen atoms in total. The summed E-state index contributed by atoms with van der Waals surface area (Å²) < 4.78 is 63.6. The van der Waals surface area contributed by atoms with Crippen LogP contribution >= 0.6 is 30.9 Å². The van der Waals surface area contributed by atoms with Crippen LogP contribution in [0.15, 0.2) is 0 Å². The Morgan fingerprint density at radius 1 is 1.64 bits per heavy atom. The van der Waals surface area contributed by atoms with Crippen molar-refractivity contribution in [3.05, 3.63) is 0 Å². The topological polar surface area (TPSA) is 41.6 Å². The third-order valence-electron chi connectivity index (χ3n) is 1.46. The average Bonchev–Trinajstić information content (AvgIpc) is 2.25. The molecule has 0 aromatic heterocycles. The number of hydrogen-bond donors (Lipinski definition) is 1. The first-order chi connectivity index (χ1) is 8.87. The first-order valence-electron chi connectivity index (χ1n) is 6.88. The van der Waals surface area contributed by atoms with E-state index in [9.17, 15) is 4.57 Å². The van der Waals surface area contributed by atoms with E-state index in [1.807, 2.05) is 5.09 Å². The Labute approximate surface area is 103 Å². The molecule has 0 aromatic rings. The summed E-state index contributed by atoms with van der Waals surface area (Å²) in [5.41, 5.74) is 0. The molecule has 0 spiro atoms. The number of alkyl halides is 2. The fourth-order valence-corrected chi connectivity index (χ4v) is 2.74. The van der Waals surface area contributed by atoms with E-state index < -0.39 is 39.0 Å². The number of rotatable bonds is 5. The van der Waals surface area contributed by atoms with Crippen LogP contribution in [0.2, 0.25) is 0 Å². The molecule has 1 unspecified atom stereocenters. The van der Waals surface area contributed by atoms with Gasteiger partial charge in [-0.05, 0) is 6.42 Å². The van der Waals surface area contributed by atoms with Crippen LogP contribution in [0.3, 0.4) is 0 Å². The molecule has 0 bridgehead atoms. The molecule has 1 fully saturated rings. The van der Waals surface area contributed by atoms with E-state index in [2.05, 4.69) is 0 Å². The summed E-state index contributed by atoms with van der Waals surface area (Å²) in [6, 6.07) is 0. The lowest BCUT2D eigenvalue weighted by Gasteiger charge is -2.34. The zero-order valence-electron chi connectivity index (χ0n) is 13.3. The zero-order chi connectivity index (χ0) is 15.8. The highest BCUT2D eigenvalue weighted by atomic mass is 35.5. The van der Waals surface area contributed by atoms with Gasteiger partial charge in [0.05, 0.1) is 9.30 Å². The summed E-state index contributed by atoms with van der Waals surface area (Å²) in [6.07, 6.45) is -0.223. The molecule has 1 aliphatic rings. The zero-order valence-corrected chi connectivity index (χ0v) is 9.70. The van der Waals surface area contributed by atoms with Gasteiger partial charge in [-0.3, -0.25) is 4.57 Å². The number of halogens is 2. The molecule has 1 saturated heterocycles. The Balaban J connectivity index is 3.14. The monoisotopic (exact) mass is 266 g/mol. The Kier molecular flexibility index (Phi) is 2.90. The van der Waals surface area contributed by atoms with Crippen molar-refractivity contribution in [1.82, 2.24) is 9.76 Å². The Hall–Kier alpha value is 0.690. The normalized spacial score (nSPS) is 41.3. The second kappa shape index (κ2) is 6.31. The Bertz CT molecular complexity index is 413. The average molecular weight is 267 g/mol. The summed E-state index contributed by atoms with van der Waals surface area (Å²) in [7, 11) is -4.33. The molecular formula is C7H15Cl2N2O2P. The molecule has 1 rings (SSSR count). The third-order valence-corrected chi connectivity index (χ3v) is 3.51. The highest BCUT2D eigenvalue weighted by Crippen LogP contribution is 2.48. The van der Waals surface area contributed by atoms with Crippen LogP contribution < -0.4 is 5.09 Å². The molecule has 0 radical (unpaired) electrons. The van der Waals surface area contributed by atoms with Gasteiger partial charge in [0.15, 0.2) is 0 Å². The van der Waals surface area contributed by atoms with Gasteiger partial charge in [-0.15, -0.1) is 23.2 Å². The van der Waals surface area contributed by atoms with Crippen molar-refractivity contribution < 1.29 is 17.3 Å². The molecule has 0 saturated carbocycles. The molecule has 0 aliphatic carbocycles. The number of hydrogen-bond acceptors (Lipinski definition) is 2. The lowest BCUT2D eigenvalue weighted by atomic mass is 10.4. The summed E-state index contributed by atoms with van der Waals surface area (Å²) in [4.78, 5) is 0. The minimum atomic E-state index is -4.33. The third kappa shape index (κ3) is 3.37. The van der Waals surface area contributed by atoms with Crippen LogP contribution in [0.25, 0.3) is 0 Å². The SMILES string of the molecule is [2H]C([2H])(CCl)NP1(=O)OC([2H])([2H])CCN1C([2H])([2H])CCl. The van der Waals surface area contributed by atoms with Crippen LogP contribution in [0, 0.1) is 0 Å². The largest absolute Gasteiger partial charge is 0.343 e. The first-order valence-corrected chi connectivity index (χ1v) is 6.52. The fraction of sp³-hybridized carbons (Fsp3) is 1.00. The maximum atomic E-state index is 12.7. The van der Waals surface area contributed by atoms with Crippen molar-refractivity contribution >= 4 is 30.9 Å². The van der Waals surface area contributed by atoms with Crippen molar-refractivity contribution in [2.24, 2.45) is 0 Å². The van der Waals surface area contributed by atoms with Crippen molar-refractivity contribution in [3.63, 3.8) is 0 Å². The lowest BCUT2D eigenvalue weighted by Crippen LogP contribution is -2.36. The number of nitrogens with zero attached hydrogens (tertiary/aromatic N) is 1. The van der Waals surface area contributed by atoms with Gasteiger partial charge < -0.3 is 4.52 Å². The van der Waals surface area contributed by atoms with Gasteiger partial charge in [0.2, 0.25) is 0 Å². The van der Waals surface area contributed by atoms with Crippen LogP contribution in [-0.2, 0) is 9.09 Å². The summed E-state index contributed by atoms with van der Waals surface area (Å²) in [6.45, 7) is -7.06. The predicted molar refractivity (Wildman–Crippen MR) is 59.2 cm³/mol. The van der Waals surface area contributed by atoms with E-state index in [0.29, 0.717) is 0 Å². The van der Waals surface area contributed by atoms with Gasteiger partial charge in [0.25, 0.3) is 0 Å². The Morgan fingerprint density at radius 3 is 3.07 bits per heavy atom. The quantitative estimate of drug-likeness (QED) is 0.610. The van der Waals surface area contributed by atoms with Crippen LogP contribution in [0.4, 0.5) is 0 Å². The van der Waals surface area contributed by atoms with E-state index in [1.165, 1.54) is 0 Å². The van der Waals surface area contributed by atoms with E-state index in [0.717, 1.165) is 4.67 Å². The minimum absolute atomic E-state index is 0.223. The van der Waals surface area contributed by atoms with Gasteiger partial charge >= 0.3 is 7.67 Å². The summed E-state index contributed by atoms with van der Waals surface area (Å²) in [5, 5.41) is 1.99. The van der Waals surface area contributed by atoms with Gasteiger partial charge in [-0.25, -0.2) is 9.76 Å². The first kappa shape index (κ1) is 6.43. The van der Waals surface area contributed by atoms with Crippen molar-refractivity contribution in [3.8, 4) is 0 Å². The Morgan fingerprint density at radius 2 is 2.43 bits per heavy atom. The minimum Gasteiger partial charge on any atom is -0.306 e. The van der Waals surface area contributed by atoms with Gasteiger partial charge in [0, 0.05) is 36.8 Å². The highest BCUT2D eigenvalue weighted by Gasteiger charge is 2.33. The van der Waals surface area contributed by atoms with Crippen molar-refractivity contribution in [2.45, 2.75) is 6.42 Å². The smallest absolute Gasteiger partial charge is 0.306 e. The van der Waals surface area contributed by atoms with E-state index >= 15 is 0 Å². The van der Waals surface area contributed by atoms with Gasteiger partial charge in [-0.1, -0.05) is 0 Å². The maximum Gasteiger partial charge on any atom is 0.343 e. The predicted octanol–water partition coefficient (Wildman–Crippen LogP) is 1.88. The summed E-state index contributed by atoms with van der Waals surface area (Å²) in [5.74, 6) is -1.10. The number of nitrogens with one attached hydrogen (secondary N) is 1. The molecule has 0 aromatic carbocycles. The second-order valence-corrected chi connectivity index (χ2v) is 4.81. The fourth-order valence-electron chi connectivity index (χ4n) is 0.920. The van der Waals surface area contributed by atoms with Crippen molar-refractivity contribution in [1.29, 1.82) is 0 Å². The highest BCUT2D eigenvalue weighted by molar-refractivity contribution is 7.54. The molecule has 1 N–H and O–H groups in total.